The van der Waals surface area contributed by atoms with Crippen LogP contribution in [-0.2, 0) is 16.0 Å². The molecule has 0 unspecified atom stereocenters. The summed E-state index contributed by atoms with van der Waals surface area (Å²) in [4.78, 5) is 18.6. The van der Waals surface area contributed by atoms with Crippen LogP contribution >= 0.6 is 0 Å². The largest absolute Gasteiger partial charge is 0.373 e. The Balaban J connectivity index is 1.31. The van der Waals surface area contributed by atoms with Gasteiger partial charge in [-0.25, -0.2) is 0 Å². The molecule has 1 amide bonds. The second-order valence-corrected chi connectivity index (χ2v) is 6.69. The summed E-state index contributed by atoms with van der Waals surface area (Å²) >= 11 is 0. The van der Waals surface area contributed by atoms with Crippen molar-refractivity contribution in [3.05, 3.63) is 11.7 Å². The molecule has 1 saturated carbocycles. The summed E-state index contributed by atoms with van der Waals surface area (Å²) in [6.45, 7) is 7.25. The topological polar surface area (TPSA) is 80.5 Å². The van der Waals surface area contributed by atoms with Gasteiger partial charge in [0.1, 0.15) is 0 Å². The standard InChI is InChI=1S/C16H26N4O3/c1-11-9-20(10-12(2)22-11)8-6-14(21)17-7-5-15-18-16(19-23-15)13-3-4-13/h11-13H,3-10H2,1-2H3,(H,17,21)/t11-,12+. The highest BCUT2D eigenvalue weighted by Gasteiger charge is 2.28. The zero-order chi connectivity index (χ0) is 16.2. The van der Waals surface area contributed by atoms with E-state index in [9.17, 15) is 4.79 Å². The average Bonchev–Trinajstić information content (AvgIpc) is 3.24. The molecule has 1 aromatic heterocycles. The van der Waals surface area contributed by atoms with Crippen molar-refractivity contribution >= 4 is 5.91 Å². The fraction of sp³-hybridized carbons (Fsp3) is 0.812. The number of rotatable bonds is 7. The molecule has 2 atom stereocenters. The second kappa shape index (κ2) is 7.40. The highest BCUT2D eigenvalue weighted by molar-refractivity contribution is 5.76. The Kier molecular flexibility index (Phi) is 5.27. The molecule has 2 fully saturated rings. The van der Waals surface area contributed by atoms with E-state index in [2.05, 4.69) is 34.2 Å². The molecule has 1 aromatic rings. The molecule has 1 aliphatic carbocycles. The summed E-state index contributed by atoms with van der Waals surface area (Å²) in [5.74, 6) is 2.00. The van der Waals surface area contributed by atoms with Crippen LogP contribution in [0.3, 0.4) is 0 Å². The first-order chi connectivity index (χ1) is 11.1. The quantitative estimate of drug-likeness (QED) is 0.810. The SMILES string of the molecule is C[C@@H]1CN(CCC(=O)NCCc2nc(C3CC3)no2)C[C@H](C)O1. The van der Waals surface area contributed by atoms with Gasteiger partial charge < -0.3 is 14.6 Å². The summed E-state index contributed by atoms with van der Waals surface area (Å²) in [5, 5.41) is 6.89. The van der Waals surface area contributed by atoms with Crippen LogP contribution in [0.4, 0.5) is 0 Å². The van der Waals surface area contributed by atoms with Crippen LogP contribution in [0.25, 0.3) is 0 Å². The van der Waals surface area contributed by atoms with Gasteiger partial charge in [-0.05, 0) is 26.7 Å². The molecule has 23 heavy (non-hydrogen) atoms. The van der Waals surface area contributed by atoms with Crippen LogP contribution in [-0.4, -0.2) is 59.3 Å². The molecule has 3 rings (SSSR count). The molecule has 128 valence electrons. The molecule has 0 spiro atoms. The number of carbonyl (C=O) groups excluding carboxylic acids is 1. The first-order valence-electron chi connectivity index (χ1n) is 8.57. The lowest BCUT2D eigenvalue weighted by molar-refractivity contribution is -0.122. The predicted octanol–water partition coefficient (Wildman–Crippen LogP) is 1.11. The Hall–Kier alpha value is -1.47. The smallest absolute Gasteiger partial charge is 0.228 e. The van der Waals surface area contributed by atoms with Gasteiger partial charge in [-0.3, -0.25) is 9.69 Å². The van der Waals surface area contributed by atoms with Crippen molar-refractivity contribution in [1.29, 1.82) is 0 Å². The molecule has 1 N–H and O–H groups in total. The summed E-state index contributed by atoms with van der Waals surface area (Å²) in [6, 6.07) is 0. The fourth-order valence-electron chi connectivity index (χ4n) is 3.00. The minimum absolute atomic E-state index is 0.0683. The maximum atomic E-state index is 11.9. The molecule has 2 heterocycles. The van der Waals surface area contributed by atoms with Gasteiger partial charge in [0.25, 0.3) is 0 Å². The van der Waals surface area contributed by atoms with Gasteiger partial charge in [-0.15, -0.1) is 0 Å². The van der Waals surface area contributed by atoms with Gasteiger partial charge in [0.2, 0.25) is 11.8 Å². The number of carbonyl (C=O) groups is 1. The minimum Gasteiger partial charge on any atom is -0.373 e. The zero-order valence-electron chi connectivity index (χ0n) is 14.0. The minimum atomic E-state index is 0.0683. The van der Waals surface area contributed by atoms with Gasteiger partial charge in [0.05, 0.1) is 12.2 Å². The van der Waals surface area contributed by atoms with Crippen molar-refractivity contribution in [2.75, 3.05) is 26.2 Å². The molecule has 7 heteroatoms. The molecular weight excluding hydrogens is 296 g/mol. The van der Waals surface area contributed by atoms with Gasteiger partial charge in [0.15, 0.2) is 5.82 Å². The van der Waals surface area contributed by atoms with Gasteiger partial charge in [-0.1, -0.05) is 5.16 Å². The lowest BCUT2D eigenvalue weighted by Crippen LogP contribution is -2.46. The van der Waals surface area contributed by atoms with E-state index in [0.717, 1.165) is 38.3 Å². The normalized spacial score (nSPS) is 25.5. The van der Waals surface area contributed by atoms with Crippen LogP contribution in [0.2, 0.25) is 0 Å². The highest BCUT2D eigenvalue weighted by Crippen LogP contribution is 2.38. The maximum absolute atomic E-state index is 11.9. The fourth-order valence-corrected chi connectivity index (χ4v) is 3.00. The van der Waals surface area contributed by atoms with E-state index in [0.29, 0.717) is 31.2 Å². The lowest BCUT2D eigenvalue weighted by atomic mass is 10.2. The number of nitrogens with zero attached hydrogens (tertiary/aromatic N) is 3. The third-order valence-electron chi connectivity index (χ3n) is 4.24. The Morgan fingerprint density at radius 1 is 1.30 bits per heavy atom. The van der Waals surface area contributed by atoms with Gasteiger partial charge >= 0.3 is 0 Å². The molecule has 0 radical (unpaired) electrons. The van der Waals surface area contributed by atoms with Crippen molar-refractivity contribution in [2.24, 2.45) is 0 Å². The van der Waals surface area contributed by atoms with Gasteiger partial charge in [-0.2, -0.15) is 4.98 Å². The van der Waals surface area contributed by atoms with E-state index < -0.39 is 0 Å². The van der Waals surface area contributed by atoms with E-state index in [1.54, 1.807) is 0 Å². The van der Waals surface area contributed by atoms with Crippen molar-refractivity contribution < 1.29 is 14.1 Å². The second-order valence-electron chi connectivity index (χ2n) is 6.69. The number of morpholine rings is 1. The van der Waals surface area contributed by atoms with Crippen molar-refractivity contribution in [3.8, 4) is 0 Å². The number of hydrogen-bond donors (Lipinski definition) is 1. The van der Waals surface area contributed by atoms with E-state index >= 15 is 0 Å². The van der Waals surface area contributed by atoms with E-state index in [4.69, 9.17) is 9.26 Å². The first-order valence-corrected chi connectivity index (χ1v) is 8.57. The first kappa shape index (κ1) is 16.4. The van der Waals surface area contributed by atoms with Crippen molar-refractivity contribution in [1.82, 2.24) is 20.4 Å². The number of hydrogen-bond acceptors (Lipinski definition) is 6. The number of aromatic nitrogens is 2. The van der Waals surface area contributed by atoms with Gasteiger partial charge in [0, 0.05) is 44.9 Å². The molecular formula is C16H26N4O3. The molecule has 0 aromatic carbocycles. The Morgan fingerprint density at radius 2 is 2.04 bits per heavy atom. The third kappa shape index (κ3) is 5.00. The Labute approximate surface area is 136 Å². The molecule has 1 saturated heterocycles. The lowest BCUT2D eigenvalue weighted by Gasteiger charge is -2.35. The number of ether oxygens (including phenoxy) is 1. The Morgan fingerprint density at radius 3 is 2.74 bits per heavy atom. The van der Waals surface area contributed by atoms with Crippen molar-refractivity contribution in [2.45, 2.75) is 57.7 Å². The highest BCUT2D eigenvalue weighted by atomic mass is 16.5. The summed E-state index contributed by atoms with van der Waals surface area (Å²) < 4.78 is 10.9. The Bertz CT molecular complexity index is 519. The van der Waals surface area contributed by atoms with E-state index in [-0.39, 0.29) is 18.1 Å². The van der Waals surface area contributed by atoms with Crippen LogP contribution in [0.1, 0.15) is 50.7 Å². The third-order valence-corrected chi connectivity index (χ3v) is 4.24. The number of nitrogens with one attached hydrogen (secondary N) is 1. The number of amides is 1. The van der Waals surface area contributed by atoms with E-state index in [1.807, 2.05) is 0 Å². The van der Waals surface area contributed by atoms with Crippen LogP contribution < -0.4 is 5.32 Å². The summed E-state index contributed by atoms with van der Waals surface area (Å²) in [5.41, 5.74) is 0. The molecule has 0 bridgehead atoms. The monoisotopic (exact) mass is 322 g/mol. The summed E-state index contributed by atoms with van der Waals surface area (Å²) in [6.07, 6.45) is 3.90. The maximum Gasteiger partial charge on any atom is 0.228 e. The van der Waals surface area contributed by atoms with Crippen LogP contribution in [0, 0.1) is 0 Å². The van der Waals surface area contributed by atoms with Crippen LogP contribution in [0.15, 0.2) is 4.52 Å². The van der Waals surface area contributed by atoms with E-state index in [1.165, 1.54) is 0 Å². The zero-order valence-corrected chi connectivity index (χ0v) is 14.0. The average molecular weight is 322 g/mol. The predicted molar refractivity (Wildman–Crippen MR) is 84.1 cm³/mol. The molecule has 7 nitrogen and oxygen atoms in total. The molecule has 2 aliphatic rings. The van der Waals surface area contributed by atoms with Crippen molar-refractivity contribution in [3.63, 3.8) is 0 Å². The molecule has 1 aliphatic heterocycles. The summed E-state index contributed by atoms with van der Waals surface area (Å²) in [7, 11) is 0. The van der Waals surface area contributed by atoms with Crippen LogP contribution in [0.5, 0.6) is 0 Å².